The first-order valence-corrected chi connectivity index (χ1v) is 8.43. The molecule has 1 aliphatic rings. The Bertz CT molecular complexity index is 433. The van der Waals surface area contributed by atoms with E-state index in [0.29, 0.717) is 17.3 Å². The first-order chi connectivity index (χ1) is 10.2. The summed E-state index contributed by atoms with van der Waals surface area (Å²) < 4.78 is 0. The normalized spacial score (nSPS) is 16.5. The summed E-state index contributed by atoms with van der Waals surface area (Å²) in [6.45, 7) is 2.77. The number of rotatable bonds is 7. The Balaban J connectivity index is 1.62. The second-order valence-corrected chi connectivity index (χ2v) is 6.51. The maximum Gasteiger partial charge on any atom is 0.120 e. The standard InChI is InChI=1S/C17H27ClN2O/c1-20(16-6-3-2-4-7-16)11-5-10-19-13-14-12-15(18)8-9-17(14)21/h8-9,12,16,19,21H,2-7,10-11,13H2,1H3. The third-order valence-electron chi connectivity index (χ3n) is 4.42. The highest BCUT2D eigenvalue weighted by molar-refractivity contribution is 6.30. The van der Waals surface area contributed by atoms with Crippen molar-refractivity contribution in [3.8, 4) is 5.75 Å². The number of aromatic hydroxyl groups is 1. The van der Waals surface area contributed by atoms with Gasteiger partial charge < -0.3 is 15.3 Å². The smallest absolute Gasteiger partial charge is 0.120 e. The molecule has 2 N–H and O–H groups in total. The molecule has 4 heteroatoms. The first kappa shape index (κ1) is 16.6. The van der Waals surface area contributed by atoms with Crippen LogP contribution >= 0.6 is 11.6 Å². The van der Waals surface area contributed by atoms with E-state index in [-0.39, 0.29) is 0 Å². The molecular weight excluding hydrogens is 284 g/mol. The Morgan fingerprint density at radius 2 is 2.05 bits per heavy atom. The Labute approximate surface area is 133 Å². The van der Waals surface area contributed by atoms with E-state index in [2.05, 4.69) is 17.3 Å². The molecule has 0 bridgehead atoms. The minimum absolute atomic E-state index is 0.311. The zero-order valence-corrected chi connectivity index (χ0v) is 13.7. The maximum absolute atomic E-state index is 9.74. The van der Waals surface area contributed by atoms with Crippen molar-refractivity contribution in [3.05, 3.63) is 28.8 Å². The van der Waals surface area contributed by atoms with Crippen LogP contribution in [0.3, 0.4) is 0 Å². The number of nitrogens with zero attached hydrogens (tertiary/aromatic N) is 1. The van der Waals surface area contributed by atoms with Gasteiger partial charge in [-0.3, -0.25) is 0 Å². The Morgan fingerprint density at radius 3 is 2.81 bits per heavy atom. The van der Waals surface area contributed by atoms with Crippen LogP contribution in [0, 0.1) is 0 Å². The van der Waals surface area contributed by atoms with Crippen LogP contribution in [-0.2, 0) is 6.54 Å². The van der Waals surface area contributed by atoms with Crippen molar-refractivity contribution in [2.75, 3.05) is 20.1 Å². The molecular formula is C17H27ClN2O. The van der Waals surface area contributed by atoms with Gasteiger partial charge in [-0.25, -0.2) is 0 Å². The van der Waals surface area contributed by atoms with E-state index in [4.69, 9.17) is 11.6 Å². The van der Waals surface area contributed by atoms with E-state index < -0.39 is 0 Å². The molecule has 0 radical (unpaired) electrons. The number of hydrogen-bond acceptors (Lipinski definition) is 3. The van der Waals surface area contributed by atoms with Gasteiger partial charge in [-0.15, -0.1) is 0 Å². The van der Waals surface area contributed by atoms with Crippen LogP contribution in [0.1, 0.15) is 44.1 Å². The summed E-state index contributed by atoms with van der Waals surface area (Å²) >= 11 is 5.94. The molecule has 1 saturated carbocycles. The fraction of sp³-hybridized carbons (Fsp3) is 0.647. The molecule has 21 heavy (non-hydrogen) atoms. The highest BCUT2D eigenvalue weighted by Crippen LogP contribution is 2.22. The van der Waals surface area contributed by atoms with Crippen molar-refractivity contribution in [2.45, 2.75) is 51.1 Å². The summed E-state index contributed by atoms with van der Waals surface area (Å²) in [4.78, 5) is 2.51. The van der Waals surface area contributed by atoms with Crippen LogP contribution in [0.5, 0.6) is 5.75 Å². The Hall–Kier alpha value is -0.770. The lowest BCUT2D eigenvalue weighted by Gasteiger charge is -2.31. The largest absolute Gasteiger partial charge is 0.508 e. The van der Waals surface area contributed by atoms with E-state index in [1.807, 2.05) is 6.07 Å². The molecule has 1 aromatic carbocycles. The molecule has 0 aromatic heterocycles. The van der Waals surface area contributed by atoms with Gasteiger partial charge in [-0.2, -0.15) is 0 Å². The molecule has 0 atom stereocenters. The van der Waals surface area contributed by atoms with E-state index in [1.54, 1.807) is 12.1 Å². The van der Waals surface area contributed by atoms with Gasteiger partial charge in [0.25, 0.3) is 0 Å². The van der Waals surface area contributed by atoms with Gasteiger partial charge in [0.05, 0.1) is 0 Å². The lowest BCUT2D eigenvalue weighted by molar-refractivity contribution is 0.189. The van der Waals surface area contributed by atoms with Gasteiger partial charge in [0.15, 0.2) is 0 Å². The molecule has 0 saturated heterocycles. The molecule has 0 amide bonds. The van der Waals surface area contributed by atoms with Crippen molar-refractivity contribution in [1.29, 1.82) is 0 Å². The number of benzene rings is 1. The van der Waals surface area contributed by atoms with E-state index in [1.165, 1.54) is 32.1 Å². The molecule has 1 aliphatic carbocycles. The van der Waals surface area contributed by atoms with Crippen LogP contribution in [0.2, 0.25) is 5.02 Å². The fourth-order valence-corrected chi connectivity index (χ4v) is 3.27. The van der Waals surface area contributed by atoms with Crippen LogP contribution in [0.4, 0.5) is 0 Å². The zero-order valence-electron chi connectivity index (χ0n) is 12.9. The van der Waals surface area contributed by atoms with E-state index >= 15 is 0 Å². The number of phenols is 1. The summed E-state index contributed by atoms with van der Waals surface area (Å²) in [7, 11) is 2.25. The highest BCUT2D eigenvalue weighted by atomic mass is 35.5. The minimum atomic E-state index is 0.311. The monoisotopic (exact) mass is 310 g/mol. The van der Waals surface area contributed by atoms with Crippen LogP contribution in [-0.4, -0.2) is 36.2 Å². The van der Waals surface area contributed by atoms with Crippen LogP contribution < -0.4 is 5.32 Å². The highest BCUT2D eigenvalue weighted by Gasteiger charge is 2.17. The summed E-state index contributed by atoms with van der Waals surface area (Å²) in [5.41, 5.74) is 0.864. The third-order valence-corrected chi connectivity index (χ3v) is 4.65. The van der Waals surface area contributed by atoms with Crippen molar-refractivity contribution in [3.63, 3.8) is 0 Å². The van der Waals surface area contributed by atoms with Gasteiger partial charge in [0.2, 0.25) is 0 Å². The van der Waals surface area contributed by atoms with E-state index in [0.717, 1.165) is 31.1 Å². The summed E-state index contributed by atoms with van der Waals surface area (Å²) in [6, 6.07) is 5.96. The Morgan fingerprint density at radius 1 is 1.29 bits per heavy atom. The lowest BCUT2D eigenvalue weighted by atomic mass is 9.94. The Kier molecular flexibility index (Phi) is 6.81. The molecule has 1 fully saturated rings. The predicted octanol–water partition coefficient (Wildman–Crippen LogP) is 3.79. The molecule has 0 heterocycles. The number of nitrogens with one attached hydrogen (secondary N) is 1. The number of phenolic OH excluding ortho intramolecular Hbond substituents is 1. The fourth-order valence-electron chi connectivity index (χ4n) is 3.08. The molecule has 1 aromatic rings. The quantitative estimate of drug-likeness (QED) is 0.752. The zero-order chi connectivity index (χ0) is 15.1. The van der Waals surface area contributed by atoms with Gasteiger partial charge >= 0.3 is 0 Å². The second-order valence-electron chi connectivity index (χ2n) is 6.08. The number of hydrogen-bond donors (Lipinski definition) is 2. The maximum atomic E-state index is 9.74. The second kappa shape index (κ2) is 8.62. The van der Waals surface area contributed by atoms with Gasteiger partial charge in [-0.05, 0) is 57.6 Å². The topological polar surface area (TPSA) is 35.5 Å². The summed E-state index contributed by atoms with van der Waals surface area (Å²) in [6.07, 6.45) is 8.05. The molecule has 0 unspecified atom stereocenters. The van der Waals surface area contributed by atoms with Crippen molar-refractivity contribution < 1.29 is 5.11 Å². The number of halogens is 1. The van der Waals surface area contributed by atoms with Gasteiger partial charge in [0, 0.05) is 23.2 Å². The average molecular weight is 311 g/mol. The van der Waals surface area contributed by atoms with Gasteiger partial charge in [-0.1, -0.05) is 30.9 Å². The SMILES string of the molecule is CN(CCCNCc1cc(Cl)ccc1O)C1CCCCC1. The molecule has 118 valence electrons. The molecule has 2 rings (SSSR count). The average Bonchev–Trinajstić information content (AvgIpc) is 2.51. The summed E-state index contributed by atoms with van der Waals surface area (Å²) in [5.74, 6) is 0.311. The van der Waals surface area contributed by atoms with E-state index in [9.17, 15) is 5.11 Å². The van der Waals surface area contributed by atoms with Crippen molar-refractivity contribution in [1.82, 2.24) is 10.2 Å². The molecule has 3 nitrogen and oxygen atoms in total. The van der Waals surface area contributed by atoms with Crippen LogP contribution in [0.25, 0.3) is 0 Å². The lowest BCUT2D eigenvalue weighted by Crippen LogP contribution is -2.35. The third kappa shape index (κ3) is 5.50. The predicted molar refractivity (Wildman–Crippen MR) is 88.9 cm³/mol. The minimum Gasteiger partial charge on any atom is -0.508 e. The molecule has 0 aliphatic heterocycles. The molecule has 0 spiro atoms. The van der Waals surface area contributed by atoms with Crippen LogP contribution in [0.15, 0.2) is 18.2 Å². The first-order valence-electron chi connectivity index (χ1n) is 8.05. The van der Waals surface area contributed by atoms with Crippen molar-refractivity contribution in [2.24, 2.45) is 0 Å². The van der Waals surface area contributed by atoms with Gasteiger partial charge in [0.1, 0.15) is 5.75 Å². The van der Waals surface area contributed by atoms with Crippen molar-refractivity contribution >= 4 is 11.6 Å². The summed E-state index contributed by atoms with van der Waals surface area (Å²) in [5, 5.41) is 13.8.